The van der Waals surface area contributed by atoms with Crippen molar-refractivity contribution in [3.8, 4) is 0 Å². The van der Waals surface area contributed by atoms with Crippen LogP contribution in [-0.4, -0.2) is 6.04 Å². The van der Waals surface area contributed by atoms with Gasteiger partial charge in [-0.25, -0.2) is 0 Å². The van der Waals surface area contributed by atoms with Crippen LogP contribution in [0.3, 0.4) is 0 Å². The van der Waals surface area contributed by atoms with Gasteiger partial charge in [-0.3, -0.25) is 0 Å². The molecule has 2 unspecified atom stereocenters. The van der Waals surface area contributed by atoms with Crippen LogP contribution in [0.15, 0.2) is 18.2 Å². The predicted octanol–water partition coefficient (Wildman–Crippen LogP) is 5.21. The number of nitrogens with one attached hydrogen (secondary N) is 1. The molecular formula is C13H17ClF3N. The van der Waals surface area contributed by atoms with Crippen molar-refractivity contribution >= 4 is 17.3 Å². The van der Waals surface area contributed by atoms with E-state index in [9.17, 15) is 13.2 Å². The molecule has 1 nitrogen and oxygen atoms in total. The molecule has 0 radical (unpaired) electrons. The molecule has 0 saturated carbocycles. The second-order valence-electron chi connectivity index (χ2n) is 4.54. The third-order valence-electron chi connectivity index (χ3n) is 3.12. The summed E-state index contributed by atoms with van der Waals surface area (Å²) in [6, 6.07) is 3.62. The normalized spacial score (nSPS) is 15.3. The van der Waals surface area contributed by atoms with Crippen LogP contribution in [0.1, 0.15) is 32.8 Å². The van der Waals surface area contributed by atoms with Gasteiger partial charge in [-0.1, -0.05) is 31.9 Å². The van der Waals surface area contributed by atoms with Crippen molar-refractivity contribution in [1.82, 2.24) is 0 Å². The molecule has 1 aromatic rings. The highest BCUT2D eigenvalue weighted by atomic mass is 35.5. The van der Waals surface area contributed by atoms with Gasteiger partial charge in [0.15, 0.2) is 0 Å². The summed E-state index contributed by atoms with van der Waals surface area (Å²) >= 11 is 5.71. The van der Waals surface area contributed by atoms with Crippen LogP contribution in [0.2, 0.25) is 5.02 Å². The highest BCUT2D eigenvalue weighted by molar-refractivity contribution is 6.30. The summed E-state index contributed by atoms with van der Waals surface area (Å²) in [5, 5.41) is 3.15. The Balaban J connectivity index is 2.94. The molecular weight excluding hydrogens is 263 g/mol. The summed E-state index contributed by atoms with van der Waals surface area (Å²) in [7, 11) is 0. The average molecular weight is 280 g/mol. The number of halogens is 4. The molecule has 2 atom stereocenters. The molecule has 0 bridgehead atoms. The Kier molecular flexibility index (Phi) is 4.91. The minimum absolute atomic E-state index is 0.0867. The molecule has 1 rings (SSSR count). The van der Waals surface area contributed by atoms with Gasteiger partial charge in [-0.05, 0) is 31.0 Å². The standard InChI is InChI=1S/C13H17ClF3N/c1-4-8(2)9(3)18-12-6-10(13(15,16)17)5-11(14)7-12/h5-9,18H,4H2,1-3H3. The Bertz CT molecular complexity index is 404. The van der Waals surface area contributed by atoms with Crippen LogP contribution >= 0.6 is 11.6 Å². The van der Waals surface area contributed by atoms with Gasteiger partial charge < -0.3 is 5.32 Å². The van der Waals surface area contributed by atoms with E-state index in [4.69, 9.17) is 11.6 Å². The van der Waals surface area contributed by atoms with Gasteiger partial charge in [0.2, 0.25) is 0 Å². The van der Waals surface area contributed by atoms with E-state index in [1.54, 1.807) is 0 Å². The minimum atomic E-state index is -4.37. The zero-order valence-corrected chi connectivity index (χ0v) is 11.4. The Morgan fingerprint density at radius 1 is 1.22 bits per heavy atom. The van der Waals surface area contributed by atoms with E-state index in [2.05, 4.69) is 5.32 Å². The smallest absolute Gasteiger partial charge is 0.382 e. The Labute approximate surface area is 110 Å². The second kappa shape index (κ2) is 5.83. The molecule has 0 aromatic heterocycles. The lowest BCUT2D eigenvalue weighted by atomic mass is 10.0. The van der Waals surface area contributed by atoms with E-state index >= 15 is 0 Å². The number of hydrogen-bond acceptors (Lipinski definition) is 1. The predicted molar refractivity (Wildman–Crippen MR) is 69.0 cm³/mol. The summed E-state index contributed by atoms with van der Waals surface area (Å²) in [6.07, 6.45) is -3.41. The maximum absolute atomic E-state index is 12.6. The first kappa shape index (κ1) is 15.2. The number of benzene rings is 1. The second-order valence-corrected chi connectivity index (χ2v) is 4.98. The fourth-order valence-electron chi connectivity index (χ4n) is 1.60. The minimum Gasteiger partial charge on any atom is -0.382 e. The average Bonchev–Trinajstić information content (AvgIpc) is 2.25. The third kappa shape index (κ3) is 4.09. The van der Waals surface area contributed by atoms with Crippen LogP contribution in [0.25, 0.3) is 0 Å². The Morgan fingerprint density at radius 3 is 2.33 bits per heavy atom. The Hall–Kier alpha value is -0.900. The van der Waals surface area contributed by atoms with E-state index in [1.165, 1.54) is 6.07 Å². The number of hydrogen-bond donors (Lipinski definition) is 1. The SMILES string of the molecule is CCC(C)C(C)Nc1cc(Cl)cc(C(F)(F)F)c1. The maximum atomic E-state index is 12.6. The first-order chi connectivity index (χ1) is 8.24. The molecule has 0 saturated heterocycles. The summed E-state index contributed by atoms with van der Waals surface area (Å²) < 4.78 is 37.9. The van der Waals surface area contributed by atoms with Crippen molar-refractivity contribution in [3.05, 3.63) is 28.8 Å². The van der Waals surface area contributed by atoms with Gasteiger partial charge in [0.25, 0.3) is 0 Å². The van der Waals surface area contributed by atoms with Gasteiger partial charge in [0.05, 0.1) is 5.56 Å². The molecule has 0 aliphatic carbocycles. The number of anilines is 1. The van der Waals surface area contributed by atoms with Crippen LogP contribution in [-0.2, 0) is 6.18 Å². The highest BCUT2D eigenvalue weighted by Gasteiger charge is 2.31. The van der Waals surface area contributed by atoms with Gasteiger partial charge in [0, 0.05) is 16.8 Å². The molecule has 0 heterocycles. The molecule has 5 heteroatoms. The van der Waals surface area contributed by atoms with Crippen LogP contribution in [0.4, 0.5) is 18.9 Å². The fourth-order valence-corrected chi connectivity index (χ4v) is 1.83. The van der Waals surface area contributed by atoms with E-state index < -0.39 is 11.7 Å². The van der Waals surface area contributed by atoms with Crippen LogP contribution in [0.5, 0.6) is 0 Å². The van der Waals surface area contributed by atoms with E-state index in [-0.39, 0.29) is 11.1 Å². The van der Waals surface area contributed by atoms with Crippen LogP contribution < -0.4 is 5.32 Å². The molecule has 0 amide bonds. The summed E-state index contributed by atoms with van der Waals surface area (Å²) in [4.78, 5) is 0. The molecule has 0 fully saturated rings. The van der Waals surface area contributed by atoms with Crippen molar-refractivity contribution in [2.75, 3.05) is 5.32 Å². The summed E-state index contributed by atoms with van der Waals surface area (Å²) in [5.41, 5.74) is -0.323. The quantitative estimate of drug-likeness (QED) is 0.798. The van der Waals surface area contributed by atoms with Gasteiger partial charge >= 0.3 is 6.18 Å². The van der Waals surface area contributed by atoms with Gasteiger partial charge in [0.1, 0.15) is 0 Å². The molecule has 0 aliphatic heterocycles. The van der Waals surface area contributed by atoms with Crippen molar-refractivity contribution in [3.63, 3.8) is 0 Å². The highest BCUT2D eigenvalue weighted by Crippen LogP contribution is 2.33. The lowest BCUT2D eigenvalue weighted by molar-refractivity contribution is -0.137. The largest absolute Gasteiger partial charge is 0.416 e. The van der Waals surface area contributed by atoms with Crippen LogP contribution in [0, 0.1) is 5.92 Å². The molecule has 1 N–H and O–H groups in total. The molecule has 18 heavy (non-hydrogen) atoms. The topological polar surface area (TPSA) is 12.0 Å². The van der Waals surface area contributed by atoms with Gasteiger partial charge in [-0.2, -0.15) is 13.2 Å². The summed E-state index contributed by atoms with van der Waals surface area (Å²) in [6.45, 7) is 6.04. The molecule has 1 aromatic carbocycles. The van der Waals surface area contributed by atoms with Crippen molar-refractivity contribution in [2.45, 2.75) is 39.4 Å². The maximum Gasteiger partial charge on any atom is 0.416 e. The lowest BCUT2D eigenvalue weighted by Gasteiger charge is -2.22. The third-order valence-corrected chi connectivity index (χ3v) is 3.34. The zero-order valence-electron chi connectivity index (χ0n) is 10.6. The van der Waals surface area contributed by atoms with E-state index in [1.807, 2.05) is 20.8 Å². The van der Waals surface area contributed by atoms with Crippen molar-refractivity contribution < 1.29 is 13.2 Å². The number of rotatable bonds is 4. The molecule has 0 spiro atoms. The summed E-state index contributed by atoms with van der Waals surface area (Å²) in [5.74, 6) is 0.373. The molecule has 102 valence electrons. The van der Waals surface area contributed by atoms with Crippen molar-refractivity contribution in [2.24, 2.45) is 5.92 Å². The van der Waals surface area contributed by atoms with E-state index in [0.717, 1.165) is 18.6 Å². The first-order valence-corrected chi connectivity index (χ1v) is 6.26. The monoisotopic (exact) mass is 279 g/mol. The zero-order chi connectivity index (χ0) is 13.9. The van der Waals surface area contributed by atoms with Gasteiger partial charge in [-0.15, -0.1) is 0 Å². The number of alkyl halides is 3. The fraction of sp³-hybridized carbons (Fsp3) is 0.538. The molecule has 0 aliphatic rings. The van der Waals surface area contributed by atoms with E-state index in [0.29, 0.717) is 11.6 Å². The Morgan fingerprint density at radius 2 is 1.83 bits per heavy atom. The van der Waals surface area contributed by atoms with Crippen molar-refractivity contribution in [1.29, 1.82) is 0 Å². The lowest BCUT2D eigenvalue weighted by Crippen LogP contribution is -2.23. The first-order valence-electron chi connectivity index (χ1n) is 5.88.